The molecule has 0 unspecified atom stereocenters. The molecule has 7 heteroatoms. The second kappa shape index (κ2) is 5.87. The zero-order valence-electron chi connectivity index (χ0n) is 14.7. The number of hydrogen-bond acceptors (Lipinski definition) is 6. The molecule has 0 aliphatic carbocycles. The maximum absolute atomic E-state index is 6.01. The molecule has 1 aliphatic heterocycles. The van der Waals surface area contributed by atoms with Gasteiger partial charge in [-0.1, -0.05) is 20.8 Å². The maximum atomic E-state index is 6.01. The Balaban J connectivity index is 1.81. The summed E-state index contributed by atoms with van der Waals surface area (Å²) in [6.45, 7) is 11.3. The van der Waals surface area contributed by atoms with Crippen molar-refractivity contribution in [2.45, 2.75) is 58.6 Å². The van der Waals surface area contributed by atoms with Crippen molar-refractivity contribution < 1.29 is 4.74 Å². The van der Waals surface area contributed by atoms with Crippen LogP contribution in [0.5, 0.6) is 0 Å². The minimum Gasteiger partial charge on any atom is -0.371 e. The van der Waals surface area contributed by atoms with Gasteiger partial charge in [-0.05, 0) is 20.3 Å². The van der Waals surface area contributed by atoms with Gasteiger partial charge < -0.3 is 10.1 Å². The van der Waals surface area contributed by atoms with Gasteiger partial charge in [-0.25, -0.2) is 4.98 Å². The molecule has 3 heterocycles. The third kappa shape index (κ3) is 3.12. The third-order valence-corrected chi connectivity index (χ3v) is 4.99. The van der Waals surface area contributed by atoms with Crippen molar-refractivity contribution in [1.82, 2.24) is 19.1 Å². The molecule has 23 heavy (non-hydrogen) atoms. The van der Waals surface area contributed by atoms with Crippen LogP contribution < -0.4 is 5.32 Å². The Morgan fingerprint density at radius 1 is 1.30 bits per heavy atom. The monoisotopic (exact) mass is 335 g/mol. The van der Waals surface area contributed by atoms with Crippen LogP contribution in [-0.4, -0.2) is 31.8 Å². The van der Waals surface area contributed by atoms with Crippen LogP contribution in [0.25, 0.3) is 0 Å². The first kappa shape index (κ1) is 16.4. The first-order valence-corrected chi connectivity index (χ1v) is 8.77. The number of hydrogen-bond donors (Lipinski definition) is 1. The Kier molecular flexibility index (Phi) is 4.18. The number of aryl methyl sites for hydroxylation is 2. The second-order valence-corrected chi connectivity index (χ2v) is 7.96. The topological polar surface area (TPSA) is 64.9 Å². The fourth-order valence-electron chi connectivity index (χ4n) is 2.97. The molecule has 0 amide bonds. The molecule has 1 N–H and O–H groups in total. The molecule has 3 rings (SSSR count). The van der Waals surface area contributed by atoms with Gasteiger partial charge in [-0.2, -0.15) is 9.47 Å². The second-order valence-electron chi connectivity index (χ2n) is 7.21. The van der Waals surface area contributed by atoms with E-state index in [-0.39, 0.29) is 17.6 Å². The summed E-state index contributed by atoms with van der Waals surface area (Å²) >= 11 is 1.43. The summed E-state index contributed by atoms with van der Waals surface area (Å²) < 4.78 is 12.4. The Labute approximate surface area is 141 Å². The highest BCUT2D eigenvalue weighted by atomic mass is 32.1. The fourth-order valence-corrected chi connectivity index (χ4v) is 3.79. The van der Waals surface area contributed by atoms with E-state index in [0.717, 1.165) is 35.4 Å². The van der Waals surface area contributed by atoms with E-state index in [1.165, 1.54) is 17.1 Å². The Morgan fingerprint density at radius 3 is 2.61 bits per heavy atom. The van der Waals surface area contributed by atoms with Gasteiger partial charge in [0.2, 0.25) is 5.13 Å². The molecule has 0 saturated carbocycles. The summed E-state index contributed by atoms with van der Waals surface area (Å²) in [6, 6.07) is 0.206. The number of anilines is 1. The van der Waals surface area contributed by atoms with Gasteiger partial charge in [-0.3, -0.25) is 4.68 Å². The van der Waals surface area contributed by atoms with Crippen molar-refractivity contribution in [2.75, 3.05) is 11.9 Å². The minimum absolute atomic E-state index is 0.0192. The van der Waals surface area contributed by atoms with Crippen molar-refractivity contribution in [3.8, 4) is 0 Å². The van der Waals surface area contributed by atoms with Crippen molar-refractivity contribution in [2.24, 2.45) is 7.05 Å². The van der Waals surface area contributed by atoms with Gasteiger partial charge in [0.05, 0.1) is 11.7 Å². The van der Waals surface area contributed by atoms with Crippen LogP contribution >= 0.6 is 11.5 Å². The summed E-state index contributed by atoms with van der Waals surface area (Å²) in [7, 11) is 1.98. The summed E-state index contributed by atoms with van der Waals surface area (Å²) in [6.07, 6.45) is 0.980. The van der Waals surface area contributed by atoms with E-state index in [0.29, 0.717) is 0 Å². The van der Waals surface area contributed by atoms with E-state index in [2.05, 4.69) is 47.5 Å². The van der Waals surface area contributed by atoms with Crippen LogP contribution in [0, 0.1) is 13.8 Å². The van der Waals surface area contributed by atoms with E-state index in [4.69, 9.17) is 4.74 Å². The number of nitrogens with one attached hydrogen (secondary N) is 1. The lowest BCUT2D eigenvalue weighted by Crippen LogP contribution is -2.24. The van der Waals surface area contributed by atoms with Crippen molar-refractivity contribution in [3.05, 3.63) is 22.8 Å². The Morgan fingerprint density at radius 2 is 2.04 bits per heavy atom. The van der Waals surface area contributed by atoms with Gasteiger partial charge in [0.1, 0.15) is 11.9 Å². The zero-order valence-corrected chi connectivity index (χ0v) is 15.5. The molecule has 1 aliphatic rings. The van der Waals surface area contributed by atoms with Crippen LogP contribution in [0.4, 0.5) is 5.13 Å². The molecule has 0 aromatic carbocycles. The third-order valence-electron chi connectivity index (χ3n) is 4.35. The van der Waals surface area contributed by atoms with Gasteiger partial charge in [0.15, 0.2) is 0 Å². The van der Waals surface area contributed by atoms with Crippen molar-refractivity contribution in [3.63, 3.8) is 0 Å². The largest absolute Gasteiger partial charge is 0.371 e. The maximum Gasteiger partial charge on any atom is 0.202 e. The highest BCUT2D eigenvalue weighted by Crippen LogP contribution is 2.35. The molecule has 1 saturated heterocycles. The first-order chi connectivity index (χ1) is 10.8. The molecule has 1 fully saturated rings. The lowest BCUT2D eigenvalue weighted by molar-refractivity contribution is 0.106. The lowest BCUT2D eigenvalue weighted by atomic mass is 9.96. The summed E-state index contributed by atoms with van der Waals surface area (Å²) in [5.41, 5.74) is 3.37. The summed E-state index contributed by atoms with van der Waals surface area (Å²) in [5, 5.41) is 8.92. The van der Waals surface area contributed by atoms with Crippen LogP contribution in [0.1, 0.15) is 56.1 Å². The first-order valence-electron chi connectivity index (χ1n) is 8.00. The van der Waals surface area contributed by atoms with Gasteiger partial charge in [0, 0.05) is 41.9 Å². The number of nitrogens with zero attached hydrogens (tertiary/aromatic N) is 4. The molecule has 2 aromatic heterocycles. The smallest absolute Gasteiger partial charge is 0.202 e. The quantitative estimate of drug-likeness (QED) is 0.933. The highest BCUT2D eigenvalue weighted by Gasteiger charge is 2.34. The number of ether oxygens (including phenoxy) is 1. The SMILES string of the molecule is Cc1nn(C)c(C)c1[C@H]1OCC[C@@H]1Nc1nc(C(C)(C)C)ns1. The normalized spacial score (nSPS) is 21.8. The summed E-state index contributed by atoms with van der Waals surface area (Å²) in [5.74, 6) is 0.884. The average molecular weight is 335 g/mol. The van der Waals surface area contributed by atoms with Crippen LogP contribution in [0.3, 0.4) is 0 Å². The molecule has 2 aromatic rings. The summed E-state index contributed by atoms with van der Waals surface area (Å²) in [4.78, 5) is 4.64. The van der Waals surface area contributed by atoms with Gasteiger partial charge >= 0.3 is 0 Å². The molecular formula is C16H25N5OS. The highest BCUT2D eigenvalue weighted by molar-refractivity contribution is 7.09. The fraction of sp³-hybridized carbons (Fsp3) is 0.688. The van der Waals surface area contributed by atoms with E-state index in [1.807, 2.05) is 18.7 Å². The zero-order chi connectivity index (χ0) is 16.8. The molecular weight excluding hydrogens is 310 g/mol. The average Bonchev–Trinajstić information content (AvgIpc) is 3.13. The Bertz CT molecular complexity index is 700. The standard InChI is InChI=1S/C16H25N5OS/c1-9-12(10(2)21(6)19-9)13-11(7-8-22-13)17-15-18-14(20-23-15)16(3,4)5/h11,13H,7-8H2,1-6H3,(H,17,18,20)/t11-,13-/m0/s1. The number of aromatic nitrogens is 4. The van der Waals surface area contributed by atoms with Crippen LogP contribution in [0.15, 0.2) is 0 Å². The minimum atomic E-state index is -0.0292. The number of rotatable bonds is 3. The van der Waals surface area contributed by atoms with Crippen LogP contribution in [0.2, 0.25) is 0 Å². The predicted octanol–water partition coefficient (Wildman–Crippen LogP) is 3.13. The molecule has 6 nitrogen and oxygen atoms in total. The van der Waals surface area contributed by atoms with E-state index < -0.39 is 0 Å². The predicted molar refractivity (Wildman–Crippen MR) is 92.0 cm³/mol. The van der Waals surface area contributed by atoms with E-state index in [1.54, 1.807) is 0 Å². The Hall–Kier alpha value is -1.47. The van der Waals surface area contributed by atoms with E-state index >= 15 is 0 Å². The van der Waals surface area contributed by atoms with Gasteiger partial charge in [0.25, 0.3) is 0 Å². The van der Waals surface area contributed by atoms with Crippen LogP contribution in [-0.2, 0) is 17.2 Å². The van der Waals surface area contributed by atoms with Crippen molar-refractivity contribution in [1.29, 1.82) is 0 Å². The molecule has 0 bridgehead atoms. The lowest BCUT2D eigenvalue weighted by Gasteiger charge is -2.20. The van der Waals surface area contributed by atoms with Gasteiger partial charge in [-0.15, -0.1) is 0 Å². The molecule has 126 valence electrons. The molecule has 2 atom stereocenters. The molecule has 0 spiro atoms. The van der Waals surface area contributed by atoms with E-state index in [9.17, 15) is 0 Å². The molecule has 0 radical (unpaired) electrons. The van der Waals surface area contributed by atoms with Crippen molar-refractivity contribution >= 4 is 16.7 Å².